The first-order valence-electron chi connectivity index (χ1n) is 6.72. The second kappa shape index (κ2) is 7.31. The van der Waals surface area contributed by atoms with Crippen LogP contribution in [0.1, 0.15) is 10.1 Å². The number of hydrogen-bond donors (Lipinski definition) is 1. The summed E-state index contributed by atoms with van der Waals surface area (Å²) < 4.78 is 34.0. The van der Waals surface area contributed by atoms with Gasteiger partial charge in [-0.25, -0.2) is 8.42 Å². The zero-order chi connectivity index (χ0) is 16.4. The van der Waals surface area contributed by atoms with Crippen molar-refractivity contribution in [2.75, 3.05) is 12.4 Å². The predicted molar refractivity (Wildman–Crippen MR) is 96.0 cm³/mol. The van der Waals surface area contributed by atoms with Crippen LogP contribution >= 0.6 is 46.3 Å². The highest BCUT2D eigenvalue weighted by Crippen LogP contribution is 2.40. The Labute approximate surface area is 153 Å². The van der Waals surface area contributed by atoms with Crippen molar-refractivity contribution in [3.63, 3.8) is 0 Å². The molecule has 1 aliphatic heterocycles. The minimum absolute atomic E-state index is 0.122. The van der Waals surface area contributed by atoms with Gasteiger partial charge in [0.05, 0.1) is 21.1 Å². The van der Waals surface area contributed by atoms with Crippen molar-refractivity contribution < 1.29 is 13.2 Å². The van der Waals surface area contributed by atoms with E-state index in [1.807, 2.05) is 12.1 Å². The first kappa shape index (κ1) is 17.5. The Bertz CT molecular complexity index is 777. The Morgan fingerprint density at radius 2 is 1.87 bits per heavy atom. The number of nitrogens with one attached hydrogen (secondary N) is 1. The maximum absolute atomic E-state index is 12.5. The zero-order valence-corrected chi connectivity index (χ0v) is 15.7. The lowest BCUT2D eigenvalue weighted by Crippen LogP contribution is -2.42. The van der Waals surface area contributed by atoms with Crippen LogP contribution in [-0.4, -0.2) is 27.0 Å². The van der Waals surface area contributed by atoms with E-state index in [0.717, 1.165) is 10.6 Å². The Morgan fingerprint density at radius 3 is 2.52 bits per heavy atom. The van der Waals surface area contributed by atoms with Gasteiger partial charge >= 0.3 is 0 Å². The summed E-state index contributed by atoms with van der Waals surface area (Å²) in [5, 5.41) is 0.364. The monoisotopic (exact) mass is 409 g/mol. The molecule has 0 aliphatic carbocycles. The van der Waals surface area contributed by atoms with E-state index in [0.29, 0.717) is 16.0 Å². The standard InChI is InChI=1S/C14H13Cl2NO3S3/c15-9-1-3-10(4-2-9)23(18,19)17-14-13(21-8-7-20-14)11-5-6-12(16)22-11/h1-6,13-14,17H,7-8H2. The van der Waals surface area contributed by atoms with Crippen molar-refractivity contribution in [1.29, 1.82) is 0 Å². The molecule has 2 unspecified atom stereocenters. The van der Waals surface area contributed by atoms with Gasteiger partial charge in [-0.3, -0.25) is 0 Å². The van der Waals surface area contributed by atoms with Gasteiger partial charge in [0.25, 0.3) is 0 Å². The van der Waals surface area contributed by atoms with Gasteiger partial charge in [-0.2, -0.15) is 4.72 Å². The van der Waals surface area contributed by atoms with Gasteiger partial charge in [-0.15, -0.1) is 23.1 Å². The third-order valence-electron chi connectivity index (χ3n) is 3.22. The molecule has 23 heavy (non-hydrogen) atoms. The molecule has 0 saturated carbocycles. The van der Waals surface area contributed by atoms with Crippen molar-refractivity contribution in [1.82, 2.24) is 4.72 Å². The van der Waals surface area contributed by atoms with Crippen LogP contribution in [0.5, 0.6) is 0 Å². The molecular formula is C14H13Cl2NO3S3. The SMILES string of the molecule is O=S(=O)(NC1OCCSC1c1ccc(Cl)s1)c1ccc(Cl)cc1. The van der Waals surface area contributed by atoms with Crippen molar-refractivity contribution in [3.8, 4) is 0 Å². The Balaban J connectivity index is 1.82. The molecule has 2 heterocycles. The molecule has 2 atom stereocenters. The lowest BCUT2D eigenvalue weighted by atomic mass is 10.3. The van der Waals surface area contributed by atoms with Gasteiger partial charge in [0.15, 0.2) is 0 Å². The molecule has 4 nitrogen and oxygen atoms in total. The van der Waals surface area contributed by atoms with Crippen LogP contribution in [-0.2, 0) is 14.8 Å². The normalized spacial score (nSPS) is 22.2. The number of ether oxygens (including phenoxy) is 1. The summed E-state index contributed by atoms with van der Waals surface area (Å²) in [7, 11) is -3.69. The number of sulfonamides is 1. The highest BCUT2D eigenvalue weighted by Gasteiger charge is 2.33. The van der Waals surface area contributed by atoms with Gasteiger partial charge in [0.1, 0.15) is 6.23 Å². The molecule has 3 rings (SSSR count). The molecule has 1 aromatic heterocycles. The molecule has 9 heteroatoms. The fourth-order valence-corrected chi connectivity index (χ4v) is 5.95. The second-order valence-electron chi connectivity index (χ2n) is 4.80. The van der Waals surface area contributed by atoms with Crippen molar-refractivity contribution in [2.24, 2.45) is 0 Å². The average molecular weight is 410 g/mol. The lowest BCUT2D eigenvalue weighted by molar-refractivity contribution is 0.0486. The van der Waals surface area contributed by atoms with E-state index in [-0.39, 0.29) is 10.1 Å². The summed E-state index contributed by atoms with van der Waals surface area (Å²) in [5.41, 5.74) is 0. The van der Waals surface area contributed by atoms with Crippen LogP contribution in [0.3, 0.4) is 0 Å². The predicted octanol–water partition coefficient (Wildman–Crippen LogP) is 4.16. The van der Waals surface area contributed by atoms with Crippen molar-refractivity contribution >= 4 is 56.3 Å². The molecule has 0 bridgehead atoms. The van der Waals surface area contributed by atoms with E-state index >= 15 is 0 Å². The van der Waals surface area contributed by atoms with Gasteiger partial charge in [-0.1, -0.05) is 23.2 Å². The first-order valence-corrected chi connectivity index (χ1v) is 10.8. The van der Waals surface area contributed by atoms with Crippen molar-refractivity contribution in [3.05, 3.63) is 50.6 Å². The van der Waals surface area contributed by atoms with E-state index < -0.39 is 16.3 Å². The molecule has 0 radical (unpaired) electrons. The van der Waals surface area contributed by atoms with E-state index in [1.165, 1.54) is 23.5 Å². The van der Waals surface area contributed by atoms with Gasteiger partial charge < -0.3 is 4.74 Å². The van der Waals surface area contributed by atoms with Gasteiger partial charge in [0, 0.05) is 15.7 Å². The second-order valence-corrected chi connectivity index (χ2v) is 9.95. The number of halogens is 2. The largest absolute Gasteiger partial charge is 0.360 e. The molecule has 1 aliphatic rings. The van der Waals surface area contributed by atoms with Gasteiger partial charge in [0.2, 0.25) is 10.0 Å². The zero-order valence-electron chi connectivity index (χ0n) is 11.7. The smallest absolute Gasteiger partial charge is 0.242 e. The maximum Gasteiger partial charge on any atom is 0.242 e. The minimum atomic E-state index is -3.69. The molecule has 0 amide bonds. The van der Waals surface area contributed by atoms with Crippen LogP contribution in [0, 0.1) is 0 Å². The van der Waals surface area contributed by atoms with Crippen LogP contribution < -0.4 is 4.72 Å². The van der Waals surface area contributed by atoms with E-state index in [2.05, 4.69) is 4.72 Å². The van der Waals surface area contributed by atoms with E-state index in [9.17, 15) is 8.42 Å². The van der Waals surface area contributed by atoms with Crippen LogP contribution in [0.4, 0.5) is 0 Å². The van der Waals surface area contributed by atoms with E-state index in [1.54, 1.807) is 23.9 Å². The number of thiophene rings is 1. The maximum atomic E-state index is 12.5. The Hall–Kier alpha value is -0.280. The molecule has 0 spiro atoms. The number of rotatable bonds is 4. The Morgan fingerprint density at radius 1 is 1.13 bits per heavy atom. The minimum Gasteiger partial charge on any atom is -0.360 e. The number of hydrogen-bond acceptors (Lipinski definition) is 5. The van der Waals surface area contributed by atoms with E-state index in [4.69, 9.17) is 27.9 Å². The quantitative estimate of drug-likeness (QED) is 0.822. The molecule has 1 saturated heterocycles. The summed E-state index contributed by atoms with van der Waals surface area (Å²) in [6.45, 7) is 0.494. The summed E-state index contributed by atoms with van der Waals surface area (Å²) >= 11 is 14.9. The lowest BCUT2D eigenvalue weighted by Gasteiger charge is -2.31. The topological polar surface area (TPSA) is 55.4 Å². The molecule has 1 N–H and O–H groups in total. The molecular weight excluding hydrogens is 397 g/mol. The fraction of sp³-hybridized carbons (Fsp3) is 0.286. The number of thioether (sulfide) groups is 1. The highest BCUT2D eigenvalue weighted by molar-refractivity contribution is 7.99. The van der Waals surface area contributed by atoms with Crippen LogP contribution in [0.15, 0.2) is 41.3 Å². The van der Waals surface area contributed by atoms with Gasteiger partial charge in [-0.05, 0) is 36.4 Å². The fourth-order valence-electron chi connectivity index (χ4n) is 2.17. The summed E-state index contributed by atoms with van der Waals surface area (Å²) in [6.07, 6.45) is -0.635. The Kier molecular flexibility index (Phi) is 5.57. The summed E-state index contributed by atoms with van der Waals surface area (Å²) in [6, 6.07) is 9.74. The van der Waals surface area contributed by atoms with Crippen LogP contribution in [0.25, 0.3) is 0 Å². The summed E-state index contributed by atoms with van der Waals surface area (Å²) in [4.78, 5) is 1.15. The molecule has 1 fully saturated rings. The third-order valence-corrected chi connectivity index (χ3v) is 7.64. The van der Waals surface area contributed by atoms with Crippen LogP contribution in [0.2, 0.25) is 9.36 Å². The third kappa shape index (κ3) is 4.22. The summed E-state index contributed by atoms with van der Waals surface area (Å²) in [5.74, 6) is 0.805. The number of benzene rings is 1. The molecule has 1 aromatic carbocycles. The van der Waals surface area contributed by atoms with Crippen molar-refractivity contribution in [2.45, 2.75) is 16.4 Å². The average Bonchev–Trinajstić information content (AvgIpc) is 2.94. The molecule has 124 valence electrons. The molecule has 2 aromatic rings. The highest BCUT2D eigenvalue weighted by atomic mass is 35.5. The first-order chi connectivity index (χ1) is 11.0.